The van der Waals surface area contributed by atoms with Crippen LogP contribution >= 0.6 is 0 Å². The van der Waals surface area contributed by atoms with E-state index in [4.69, 9.17) is 14.5 Å². The summed E-state index contributed by atoms with van der Waals surface area (Å²) < 4.78 is 15.1. The van der Waals surface area contributed by atoms with Crippen LogP contribution in [0.1, 0.15) is 98.2 Å². The van der Waals surface area contributed by atoms with Crippen LogP contribution in [0.4, 0.5) is 4.79 Å². The number of cyclic esters (lactones) is 1. The molecule has 0 saturated carbocycles. The highest BCUT2D eigenvalue weighted by atomic mass is 16.5. The van der Waals surface area contributed by atoms with Gasteiger partial charge in [-0.15, -0.1) is 10.2 Å². The molecule has 0 aliphatic carbocycles. The van der Waals surface area contributed by atoms with Crippen molar-refractivity contribution in [3.8, 4) is 51.5 Å². The summed E-state index contributed by atoms with van der Waals surface area (Å²) in [5, 5.41) is 54.1. The van der Waals surface area contributed by atoms with Crippen LogP contribution in [0.25, 0.3) is 39.4 Å². The van der Waals surface area contributed by atoms with Gasteiger partial charge in [-0.05, 0) is 97.0 Å². The maximum atomic E-state index is 14.3. The Bertz CT molecular complexity index is 3160. The highest BCUT2D eigenvalue weighted by Crippen LogP contribution is 2.43. The number of carbonyl (C=O) groups excluding carboxylic acids is 3. The van der Waals surface area contributed by atoms with E-state index in [1.54, 1.807) is 77.9 Å². The molecule has 9 rings (SSSR count). The molecule has 0 bridgehead atoms. The average Bonchev–Trinajstić information content (AvgIpc) is 3.94. The van der Waals surface area contributed by atoms with Crippen molar-refractivity contribution in [1.29, 1.82) is 0 Å². The van der Waals surface area contributed by atoms with Gasteiger partial charge in [0.05, 0.1) is 34.6 Å². The van der Waals surface area contributed by atoms with Gasteiger partial charge in [-0.25, -0.2) is 9.78 Å². The normalized spacial score (nSPS) is 16.4. The molecule has 3 aliphatic heterocycles. The molecule has 1 atom stereocenters. The third-order valence-corrected chi connectivity index (χ3v) is 13.8. The van der Waals surface area contributed by atoms with Crippen LogP contribution in [0.5, 0.6) is 23.0 Å². The monoisotopic (exact) mass is 954 g/mol. The Morgan fingerprint density at radius 1 is 0.943 bits per heavy atom. The highest BCUT2D eigenvalue weighted by molar-refractivity contribution is 5.93. The number of hydrogen-bond acceptors (Lipinski definition) is 13. The molecule has 364 valence electrons. The molecule has 3 amide bonds. The summed E-state index contributed by atoms with van der Waals surface area (Å²) in [5.41, 5.74) is 3.48. The largest absolute Gasteiger partial charge is 0.508 e. The van der Waals surface area contributed by atoms with Crippen LogP contribution in [0, 0.1) is 0 Å². The Kier molecular flexibility index (Phi) is 12.5. The lowest BCUT2D eigenvalue weighted by Gasteiger charge is -2.39. The molecule has 6 aromatic rings. The number of phenols is 3. The van der Waals surface area contributed by atoms with Gasteiger partial charge in [0.15, 0.2) is 5.82 Å². The van der Waals surface area contributed by atoms with Crippen LogP contribution in [-0.2, 0) is 39.3 Å². The second kappa shape index (κ2) is 18.5. The fourth-order valence-electron chi connectivity index (χ4n) is 10.1. The number of likely N-dealkylation sites (tertiary alicyclic amines) is 1. The zero-order chi connectivity index (χ0) is 49.8. The van der Waals surface area contributed by atoms with Crippen LogP contribution in [0.3, 0.4) is 0 Å². The lowest BCUT2D eigenvalue weighted by atomic mass is 9.74. The van der Waals surface area contributed by atoms with Crippen molar-refractivity contribution >= 4 is 34.8 Å². The summed E-state index contributed by atoms with van der Waals surface area (Å²) in [5.74, 6) is -1.21. The number of aromatic nitrogens is 5. The molecule has 0 unspecified atom stereocenters. The van der Waals surface area contributed by atoms with E-state index >= 15 is 0 Å². The fraction of sp³-hybridized carbons (Fsp3) is 0.373. The first-order chi connectivity index (χ1) is 33.6. The molecule has 19 nitrogen and oxygen atoms in total. The maximum Gasteiger partial charge on any atom is 0.407 e. The second-order valence-electron chi connectivity index (χ2n) is 18.3. The van der Waals surface area contributed by atoms with E-state index in [0.29, 0.717) is 65.3 Å². The van der Waals surface area contributed by atoms with Gasteiger partial charge in [-0.1, -0.05) is 27.7 Å². The zero-order valence-electron chi connectivity index (χ0n) is 39.5. The third-order valence-electron chi connectivity index (χ3n) is 13.8. The molecular formula is C51H54N8O11. The molecular weight excluding hydrogens is 901 g/mol. The van der Waals surface area contributed by atoms with Crippen molar-refractivity contribution in [2.75, 3.05) is 32.7 Å². The standard InChI is InChI=1S/C51H54N8O11/c1-6-32-34-19-29(60)11-14-39(34)53-44-36(32)23-58-40(44)21-38-37(48(58)65)25-69-49(66)51(38,7-2)26-57(50(67)68)24-43(63)56-17-15-31(16-18-56)70-30-12-9-28(10-13-30)59-45(54-55-46(59)47(64)52-8-3)35-20-33(27(4)5)41(61)22-42(35)62/h9-14,19-22,27,31,60-62H,6-8,15-18,23-26H2,1-5H3,(H,52,64)(H,67,68)/t51-/m1/s1. The van der Waals surface area contributed by atoms with Crippen LogP contribution in [-0.4, -0.2) is 117 Å². The summed E-state index contributed by atoms with van der Waals surface area (Å²) in [7, 11) is 0. The molecule has 1 saturated heterocycles. The number of nitrogens with one attached hydrogen (secondary N) is 1. The van der Waals surface area contributed by atoms with Gasteiger partial charge in [0.1, 0.15) is 47.7 Å². The molecule has 3 aliphatic rings. The van der Waals surface area contributed by atoms with Crippen LogP contribution in [0.2, 0.25) is 0 Å². The Morgan fingerprint density at radius 2 is 1.69 bits per heavy atom. The number of ether oxygens (including phenoxy) is 2. The number of pyridine rings is 2. The van der Waals surface area contributed by atoms with Gasteiger partial charge < -0.3 is 44.7 Å². The molecule has 3 aromatic carbocycles. The van der Waals surface area contributed by atoms with Crippen molar-refractivity contribution < 1.29 is 49.1 Å². The number of nitrogens with zero attached hydrogens (tertiary/aromatic N) is 7. The van der Waals surface area contributed by atoms with Crippen molar-refractivity contribution in [2.24, 2.45) is 0 Å². The SMILES string of the molecule is CCNC(=O)c1nnc(-c2cc(C(C)C)c(O)cc2O)n1-c1ccc(OC2CCN(C(=O)CN(C[C@@]3(CC)C(=O)OCc4c3cc3n(c4=O)Cc4c-3nc3ccc(O)cc3c4CC)C(=O)O)CC2)cc1. The number of rotatable bonds is 13. The Balaban J connectivity index is 0.900. The van der Waals surface area contributed by atoms with Gasteiger partial charge in [-0.3, -0.25) is 28.6 Å². The van der Waals surface area contributed by atoms with Gasteiger partial charge in [0.25, 0.3) is 11.5 Å². The summed E-state index contributed by atoms with van der Waals surface area (Å²) >= 11 is 0. The number of hydrogen-bond donors (Lipinski definition) is 5. The van der Waals surface area contributed by atoms with Crippen molar-refractivity contribution in [3.63, 3.8) is 0 Å². The quantitative estimate of drug-likeness (QED) is 0.0835. The van der Waals surface area contributed by atoms with E-state index < -0.39 is 42.4 Å². The van der Waals surface area contributed by atoms with E-state index in [0.717, 1.165) is 21.4 Å². The Labute approximate surface area is 401 Å². The number of aromatic hydroxyl groups is 3. The maximum absolute atomic E-state index is 14.3. The van der Waals surface area contributed by atoms with Crippen molar-refractivity contribution in [2.45, 2.75) is 90.9 Å². The van der Waals surface area contributed by atoms with Crippen molar-refractivity contribution in [3.05, 3.63) is 105 Å². The van der Waals surface area contributed by atoms with E-state index in [2.05, 4.69) is 15.5 Å². The molecule has 0 radical (unpaired) electrons. The number of fused-ring (bicyclic) bond motifs is 5. The zero-order valence-corrected chi connectivity index (χ0v) is 39.5. The van der Waals surface area contributed by atoms with E-state index in [1.165, 1.54) is 10.6 Å². The summed E-state index contributed by atoms with van der Waals surface area (Å²) in [6.07, 6.45) is -0.128. The minimum atomic E-state index is -1.60. The topological polar surface area (TPSA) is 252 Å². The number of piperidine rings is 1. The number of carboxylic acid groups (broad SMARTS) is 1. The van der Waals surface area contributed by atoms with Gasteiger partial charge >= 0.3 is 12.1 Å². The third kappa shape index (κ3) is 8.17. The number of amides is 3. The molecule has 5 N–H and O–H groups in total. The first-order valence-electron chi connectivity index (χ1n) is 23.5. The highest BCUT2D eigenvalue weighted by Gasteiger charge is 2.49. The minimum absolute atomic E-state index is 0.0125. The first-order valence-corrected chi connectivity index (χ1v) is 23.5. The van der Waals surface area contributed by atoms with Crippen molar-refractivity contribution in [1.82, 2.24) is 39.4 Å². The van der Waals surface area contributed by atoms with Gasteiger partial charge in [0.2, 0.25) is 11.7 Å². The summed E-state index contributed by atoms with van der Waals surface area (Å²) in [6, 6.07) is 16.5. The smallest absolute Gasteiger partial charge is 0.407 e. The predicted octanol–water partition coefficient (Wildman–Crippen LogP) is 5.98. The lowest BCUT2D eigenvalue weighted by molar-refractivity contribution is -0.155. The first kappa shape index (κ1) is 47.1. The fourth-order valence-corrected chi connectivity index (χ4v) is 10.1. The molecule has 70 heavy (non-hydrogen) atoms. The Hall–Kier alpha value is -7.96. The molecule has 1 fully saturated rings. The van der Waals surface area contributed by atoms with Crippen LogP contribution in [0.15, 0.2) is 65.5 Å². The molecule has 19 heteroatoms. The molecule has 0 spiro atoms. The van der Waals surface area contributed by atoms with Gasteiger partial charge in [-0.2, -0.15) is 0 Å². The lowest BCUT2D eigenvalue weighted by Crippen LogP contribution is -2.54. The minimum Gasteiger partial charge on any atom is -0.508 e. The Morgan fingerprint density at radius 3 is 2.36 bits per heavy atom. The average molecular weight is 955 g/mol. The summed E-state index contributed by atoms with van der Waals surface area (Å²) in [4.78, 5) is 75.6. The second-order valence-corrected chi connectivity index (χ2v) is 18.3. The molecule has 6 heterocycles. The van der Waals surface area contributed by atoms with Crippen LogP contribution < -0.4 is 15.6 Å². The number of carbonyl (C=O) groups is 4. The summed E-state index contributed by atoms with van der Waals surface area (Å²) in [6.45, 7) is 9.18. The number of phenolic OH excluding ortho intramolecular Hbond substituents is 3. The number of aryl methyl sites for hydroxylation is 1. The molecule has 3 aromatic heterocycles. The van der Waals surface area contributed by atoms with Gasteiger partial charge in [0, 0.05) is 61.7 Å². The van der Waals surface area contributed by atoms with E-state index in [-0.39, 0.29) is 90.3 Å². The predicted molar refractivity (Wildman–Crippen MR) is 255 cm³/mol. The van der Waals surface area contributed by atoms with E-state index in [9.17, 15) is 44.4 Å². The number of benzene rings is 3. The number of esters is 1. The van der Waals surface area contributed by atoms with E-state index in [1.807, 2.05) is 20.8 Å².